The molecule has 6 nitrogen and oxygen atoms in total. The summed E-state index contributed by atoms with van der Waals surface area (Å²) >= 11 is 0. The van der Waals surface area contributed by atoms with Gasteiger partial charge >= 0.3 is 0 Å². The van der Waals surface area contributed by atoms with Crippen molar-refractivity contribution in [2.24, 2.45) is 0 Å². The van der Waals surface area contributed by atoms with Crippen molar-refractivity contribution >= 4 is 5.91 Å². The molecule has 1 saturated heterocycles. The van der Waals surface area contributed by atoms with Crippen molar-refractivity contribution in [3.63, 3.8) is 0 Å². The van der Waals surface area contributed by atoms with Crippen molar-refractivity contribution in [1.82, 2.24) is 10.6 Å². The van der Waals surface area contributed by atoms with E-state index in [9.17, 15) is 9.90 Å². The predicted octanol–water partition coefficient (Wildman–Crippen LogP) is -0.246. The van der Waals surface area contributed by atoms with Crippen LogP contribution in [0.4, 0.5) is 0 Å². The maximum atomic E-state index is 11.9. The molecule has 0 aliphatic carbocycles. The predicted molar refractivity (Wildman–Crippen MR) is 66.8 cm³/mol. The first kappa shape index (κ1) is 12.3. The summed E-state index contributed by atoms with van der Waals surface area (Å²) in [5.74, 6) is 1.35. The number of hydrogen-bond donors (Lipinski definition) is 3. The van der Waals surface area contributed by atoms with Gasteiger partial charge in [-0.3, -0.25) is 4.79 Å². The van der Waals surface area contributed by atoms with Crippen LogP contribution in [0.25, 0.3) is 0 Å². The first-order valence-electron chi connectivity index (χ1n) is 6.30. The van der Waals surface area contributed by atoms with Crippen molar-refractivity contribution in [2.45, 2.75) is 25.1 Å². The van der Waals surface area contributed by atoms with Crippen molar-refractivity contribution in [3.8, 4) is 11.5 Å². The van der Waals surface area contributed by atoms with Gasteiger partial charge in [0.25, 0.3) is 0 Å². The highest BCUT2D eigenvalue weighted by Crippen LogP contribution is 2.32. The molecule has 1 aromatic carbocycles. The van der Waals surface area contributed by atoms with E-state index >= 15 is 0 Å². The molecule has 0 unspecified atom stereocenters. The molecule has 2 aliphatic heterocycles. The fourth-order valence-electron chi connectivity index (χ4n) is 2.28. The molecule has 2 atom stereocenters. The number of rotatable bonds is 3. The number of carbonyl (C=O) groups excluding carboxylic acids is 1. The minimum Gasteiger partial charge on any atom is -0.454 e. The topological polar surface area (TPSA) is 79.8 Å². The molecule has 1 fully saturated rings. The third-order valence-corrected chi connectivity index (χ3v) is 3.33. The molecule has 19 heavy (non-hydrogen) atoms. The van der Waals surface area contributed by atoms with Gasteiger partial charge in [-0.1, -0.05) is 6.07 Å². The molecule has 6 heteroatoms. The summed E-state index contributed by atoms with van der Waals surface area (Å²) in [7, 11) is 0. The number of aliphatic hydroxyl groups is 1. The van der Waals surface area contributed by atoms with Crippen LogP contribution in [0.5, 0.6) is 11.5 Å². The molecular formula is C13H16N2O4. The Bertz CT molecular complexity index is 492. The van der Waals surface area contributed by atoms with Gasteiger partial charge in [0.2, 0.25) is 12.7 Å². The highest BCUT2D eigenvalue weighted by atomic mass is 16.7. The molecule has 1 aromatic rings. The van der Waals surface area contributed by atoms with E-state index in [2.05, 4.69) is 10.6 Å². The third-order valence-electron chi connectivity index (χ3n) is 3.33. The van der Waals surface area contributed by atoms with Gasteiger partial charge < -0.3 is 25.2 Å². The summed E-state index contributed by atoms with van der Waals surface area (Å²) in [6.07, 6.45) is 0.0359. The molecule has 102 valence electrons. The molecule has 3 rings (SSSR count). The summed E-state index contributed by atoms with van der Waals surface area (Å²) in [6.45, 7) is 1.15. The normalized spacial score (nSPS) is 24.5. The largest absolute Gasteiger partial charge is 0.454 e. The van der Waals surface area contributed by atoms with Crippen molar-refractivity contribution < 1.29 is 19.4 Å². The average molecular weight is 264 g/mol. The molecular weight excluding hydrogens is 248 g/mol. The van der Waals surface area contributed by atoms with Crippen molar-refractivity contribution in [2.75, 3.05) is 13.3 Å². The number of aliphatic hydroxyl groups excluding tert-OH is 1. The number of amides is 1. The van der Waals surface area contributed by atoms with Crippen LogP contribution in [0.1, 0.15) is 12.0 Å². The van der Waals surface area contributed by atoms with E-state index in [1.807, 2.05) is 18.2 Å². The molecule has 0 spiro atoms. The second kappa shape index (κ2) is 5.07. The molecule has 0 aromatic heterocycles. The SMILES string of the molecule is O=C(NCc1ccc2c(c1)OCO2)[C@@H]1C[C@@H](O)CN1. The first-order chi connectivity index (χ1) is 9.22. The van der Waals surface area contributed by atoms with Crippen LogP contribution in [0.15, 0.2) is 18.2 Å². The second-order valence-corrected chi connectivity index (χ2v) is 4.76. The van der Waals surface area contributed by atoms with Crippen LogP contribution in [0.3, 0.4) is 0 Å². The van der Waals surface area contributed by atoms with Crippen LogP contribution in [0, 0.1) is 0 Å². The summed E-state index contributed by atoms with van der Waals surface area (Å²) in [5.41, 5.74) is 0.955. The lowest BCUT2D eigenvalue weighted by Gasteiger charge is -2.11. The quantitative estimate of drug-likeness (QED) is 0.702. The number of carbonyl (C=O) groups is 1. The Balaban J connectivity index is 1.56. The fourth-order valence-corrected chi connectivity index (χ4v) is 2.28. The molecule has 0 bridgehead atoms. The van der Waals surface area contributed by atoms with E-state index in [1.165, 1.54) is 0 Å². The van der Waals surface area contributed by atoms with Gasteiger partial charge in [-0.15, -0.1) is 0 Å². The number of benzene rings is 1. The molecule has 0 saturated carbocycles. The van der Waals surface area contributed by atoms with Gasteiger partial charge in [0.05, 0.1) is 12.1 Å². The monoisotopic (exact) mass is 264 g/mol. The van der Waals surface area contributed by atoms with Gasteiger partial charge in [-0.2, -0.15) is 0 Å². The highest BCUT2D eigenvalue weighted by molar-refractivity contribution is 5.82. The van der Waals surface area contributed by atoms with Crippen LogP contribution >= 0.6 is 0 Å². The third kappa shape index (κ3) is 2.64. The molecule has 2 aliphatic rings. The number of hydrogen-bond acceptors (Lipinski definition) is 5. The van der Waals surface area contributed by atoms with Gasteiger partial charge in [0.15, 0.2) is 11.5 Å². The summed E-state index contributed by atoms with van der Waals surface area (Å²) < 4.78 is 10.5. The first-order valence-corrected chi connectivity index (χ1v) is 6.30. The van der Waals surface area contributed by atoms with E-state index in [0.717, 1.165) is 11.3 Å². The number of β-amino-alcohol motifs (C(OH)–C–C–N with tert-alkyl or cyclic N) is 1. The van der Waals surface area contributed by atoms with E-state index in [1.54, 1.807) is 0 Å². The average Bonchev–Trinajstić information content (AvgIpc) is 3.03. The Morgan fingerprint density at radius 2 is 2.26 bits per heavy atom. The van der Waals surface area contributed by atoms with Crippen molar-refractivity contribution in [3.05, 3.63) is 23.8 Å². The zero-order valence-corrected chi connectivity index (χ0v) is 10.4. The molecule has 3 N–H and O–H groups in total. The Morgan fingerprint density at radius 1 is 1.42 bits per heavy atom. The Morgan fingerprint density at radius 3 is 3.05 bits per heavy atom. The fraction of sp³-hybridized carbons (Fsp3) is 0.462. The second-order valence-electron chi connectivity index (χ2n) is 4.76. The van der Waals surface area contributed by atoms with E-state index in [0.29, 0.717) is 25.3 Å². The lowest BCUT2D eigenvalue weighted by Crippen LogP contribution is -2.39. The Kier molecular flexibility index (Phi) is 3.27. The maximum Gasteiger partial charge on any atom is 0.237 e. The number of fused-ring (bicyclic) bond motifs is 1. The maximum absolute atomic E-state index is 11.9. The van der Waals surface area contributed by atoms with E-state index in [4.69, 9.17) is 9.47 Å². The minimum atomic E-state index is -0.429. The van der Waals surface area contributed by atoms with E-state index in [-0.39, 0.29) is 18.7 Å². The Hall–Kier alpha value is -1.79. The highest BCUT2D eigenvalue weighted by Gasteiger charge is 2.27. The van der Waals surface area contributed by atoms with Gasteiger partial charge in [-0.25, -0.2) is 0 Å². The molecule has 0 radical (unpaired) electrons. The van der Waals surface area contributed by atoms with E-state index < -0.39 is 6.10 Å². The zero-order valence-electron chi connectivity index (χ0n) is 10.4. The molecule has 1 amide bonds. The van der Waals surface area contributed by atoms with Gasteiger partial charge in [-0.05, 0) is 24.1 Å². The zero-order chi connectivity index (χ0) is 13.2. The van der Waals surface area contributed by atoms with Crippen LogP contribution in [-0.4, -0.2) is 36.5 Å². The smallest absolute Gasteiger partial charge is 0.237 e. The summed E-state index contributed by atoms with van der Waals surface area (Å²) in [6, 6.07) is 5.29. The molecule has 2 heterocycles. The number of nitrogens with one attached hydrogen (secondary N) is 2. The minimum absolute atomic E-state index is 0.0887. The van der Waals surface area contributed by atoms with Gasteiger partial charge in [0.1, 0.15) is 0 Å². The standard InChI is InChI=1S/C13H16N2O4/c16-9-4-10(14-6-9)13(17)15-5-8-1-2-11-12(3-8)19-7-18-11/h1-3,9-10,14,16H,4-7H2,(H,15,17)/t9-,10+/m1/s1. The van der Waals surface area contributed by atoms with Crippen molar-refractivity contribution in [1.29, 1.82) is 0 Å². The van der Waals surface area contributed by atoms with Crippen LogP contribution in [-0.2, 0) is 11.3 Å². The van der Waals surface area contributed by atoms with Gasteiger partial charge in [0, 0.05) is 13.1 Å². The lowest BCUT2D eigenvalue weighted by molar-refractivity contribution is -0.123. The van der Waals surface area contributed by atoms with Crippen LogP contribution < -0.4 is 20.1 Å². The Labute approximate surface area is 110 Å². The lowest BCUT2D eigenvalue weighted by atomic mass is 10.1. The number of ether oxygens (including phenoxy) is 2. The summed E-state index contributed by atoms with van der Waals surface area (Å²) in [5, 5.41) is 15.2. The summed E-state index contributed by atoms with van der Waals surface area (Å²) in [4.78, 5) is 11.9. The van der Waals surface area contributed by atoms with Crippen LogP contribution in [0.2, 0.25) is 0 Å².